The van der Waals surface area contributed by atoms with Crippen LogP contribution in [-0.4, -0.2) is 46.4 Å². The highest BCUT2D eigenvalue weighted by atomic mass is 35.5. The molecule has 1 aliphatic rings. The molecule has 1 N–H and O–H groups in total. The van der Waals surface area contributed by atoms with Crippen molar-refractivity contribution >= 4 is 30.1 Å². The lowest BCUT2D eigenvalue weighted by atomic mass is 10.1. The summed E-state index contributed by atoms with van der Waals surface area (Å²) < 4.78 is 0. The Morgan fingerprint density at radius 3 is 2.92 bits per heavy atom. The van der Waals surface area contributed by atoms with Crippen LogP contribution in [0.3, 0.4) is 0 Å². The number of hydrogen-bond donors (Lipinski definition) is 1. The fourth-order valence-corrected chi connectivity index (χ4v) is 4.08. The van der Waals surface area contributed by atoms with Crippen LogP contribution >= 0.6 is 24.2 Å². The number of thioether (sulfide) groups is 1. The van der Waals surface area contributed by atoms with Gasteiger partial charge < -0.3 is 10.2 Å². The molecule has 2 rings (SSSR count). The Morgan fingerprint density at radius 1 is 1.36 bits per heavy atom. The topological polar surface area (TPSA) is 45.2 Å². The number of halogens is 1. The van der Waals surface area contributed by atoms with Crippen molar-refractivity contribution in [1.29, 1.82) is 0 Å². The van der Waals surface area contributed by atoms with Gasteiger partial charge in [0.05, 0.1) is 18.0 Å². The molecule has 0 aliphatic carbocycles. The fraction of sp³-hybridized carbons (Fsp3) is 0.684. The number of pyridine rings is 1. The molecule has 1 atom stereocenters. The second-order valence-electron chi connectivity index (χ2n) is 6.91. The van der Waals surface area contributed by atoms with Crippen LogP contribution in [0.5, 0.6) is 0 Å². The zero-order chi connectivity index (χ0) is 17.2. The standard InChI is InChI=1S/C19H31N3OS.ClH/c1-16(2)9-13-24-15-19(23)22(14-17-6-3-4-11-21-17)18-7-5-10-20-12-8-18;/h3-4,6,11,16,18,20H,5,7-10,12-15H2,1-2H3;1H. The number of nitrogens with one attached hydrogen (secondary N) is 1. The third-order valence-electron chi connectivity index (χ3n) is 4.43. The van der Waals surface area contributed by atoms with Gasteiger partial charge >= 0.3 is 0 Å². The summed E-state index contributed by atoms with van der Waals surface area (Å²) in [6.45, 7) is 7.15. The summed E-state index contributed by atoms with van der Waals surface area (Å²) in [4.78, 5) is 19.4. The molecule has 2 heterocycles. The smallest absolute Gasteiger partial charge is 0.233 e. The highest BCUT2D eigenvalue weighted by Gasteiger charge is 2.24. The van der Waals surface area contributed by atoms with E-state index in [0.29, 0.717) is 24.3 Å². The first-order chi connectivity index (χ1) is 11.7. The predicted molar refractivity (Wildman–Crippen MR) is 109 cm³/mol. The van der Waals surface area contributed by atoms with Gasteiger partial charge in [-0.25, -0.2) is 0 Å². The molecule has 4 nitrogen and oxygen atoms in total. The van der Waals surface area contributed by atoms with Gasteiger partial charge in [0.15, 0.2) is 0 Å². The molecule has 142 valence electrons. The van der Waals surface area contributed by atoms with Crippen LogP contribution < -0.4 is 5.32 Å². The SMILES string of the molecule is CC(C)CCSCC(=O)N(Cc1ccccn1)C1CCCNCC1.Cl. The van der Waals surface area contributed by atoms with E-state index < -0.39 is 0 Å². The molecule has 1 saturated heterocycles. The first kappa shape index (κ1) is 22.3. The van der Waals surface area contributed by atoms with E-state index in [-0.39, 0.29) is 18.3 Å². The van der Waals surface area contributed by atoms with E-state index in [9.17, 15) is 4.79 Å². The molecule has 1 fully saturated rings. The number of amides is 1. The maximum Gasteiger partial charge on any atom is 0.233 e. The lowest BCUT2D eigenvalue weighted by molar-refractivity contribution is -0.131. The van der Waals surface area contributed by atoms with Crippen LogP contribution in [0.2, 0.25) is 0 Å². The van der Waals surface area contributed by atoms with E-state index in [0.717, 1.165) is 43.8 Å². The van der Waals surface area contributed by atoms with Crippen LogP contribution in [0, 0.1) is 5.92 Å². The second kappa shape index (κ2) is 12.6. The van der Waals surface area contributed by atoms with Gasteiger partial charge in [0, 0.05) is 12.2 Å². The molecule has 0 radical (unpaired) electrons. The molecular weight excluding hydrogens is 354 g/mol. The van der Waals surface area contributed by atoms with Gasteiger partial charge in [-0.3, -0.25) is 9.78 Å². The number of rotatable bonds is 8. The molecular formula is C19H32ClN3OS. The molecule has 1 aromatic rings. The maximum absolute atomic E-state index is 12.9. The number of aromatic nitrogens is 1. The number of nitrogens with zero attached hydrogens (tertiary/aromatic N) is 2. The van der Waals surface area contributed by atoms with Crippen molar-refractivity contribution in [2.75, 3.05) is 24.6 Å². The minimum atomic E-state index is 0. The number of carbonyl (C=O) groups is 1. The molecule has 1 aromatic heterocycles. The molecule has 6 heteroatoms. The molecule has 1 unspecified atom stereocenters. The fourth-order valence-electron chi connectivity index (χ4n) is 2.96. The molecule has 25 heavy (non-hydrogen) atoms. The molecule has 0 saturated carbocycles. The first-order valence-electron chi connectivity index (χ1n) is 9.14. The Kier molecular flexibility index (Phi) is 11.2. The van der Waals surface area contributed by atoms with Crippen molar-refractivity contribution < 1.29 is 4.79 Å². The van der Waals surface area contributed by atoms with Crippen molar-refractivity contribution in [2.24, 2.45) is 5.92 Å². The summed E-state index contributed by atoms with van der Waals surface area (Å²) in [5.74, 6) is 2.61. The summed E-state index contributed by atoms with van der Waals surface area (Å²) >= 11 is 1.77. The zero-order valence-corrected chi connectivity index (χ0v) is 17.1. The monoisotopic (exact) mass is 385 g/mol. The highest BCUT2D eigenvalue weighted by Crippen LogP contribution is 2.18. The zero-order valence-electron chi connectivity index (χ0n) is 15.4. The van der Waals surface area contributed by atoms with Gasteiger partial charge in [-0.2, -0.15) is 11.8 Å². The van der Waals surface area contributed by atoms with Gasteiger partial charge in [0.2, 0.25) is 5.91 Å². The Hall–Kier alpha value is -0.780. The van der Waals surface area contributed by atoms with E-state index in [1.807, 2.05) is 24.4 Å². The molecule has 0 bridgehead atoms. The molecule has 0 aromatic carbocycles. The lowest BCUT2D eigenvalue weighted by Gasteiger charge is -2.31. The average molecular weight is 386 g/mol. The van der Waals surface area contributed by atoms with Crippen LogP contribution in [0.1, 0.15) is 45.2 Å². The van der Waals surface area contributed by atoms with Gasteiger partial charge in [-0.15, -0.1) is 12.4 Å². The van der Waals surface area contributed by atoms with Crippen molar-refractivity contribution in [2.45, 2.75) is 52.1 Å². The molecule has 0 spiro atoms. The van der Waals surface area contributed by atoms with E-state index >= 15 is 0 Å². The second-order valence-corrected chi connectivity index (χ2v) is 8.02. The number of carbonyl (C=O) groups excluding carboxylic acids is 1. The van der Waals surface area contributed by atoms with Crippen molar-refractivity contribution in [3.8, 4) is 0 Å². The predicted octanol–water partition coefficient (Wildman–Crippen LogP) is 3.75. The van der Waals surface area contributed by atoms with E-state index in [2.05, 4.69) is 29.0 Å². The Bertz CT molecular complexity index is 479. The Balaban J connectivity index is 0.00000312. The largest absolute Gasteiger partial charge is 0.333 e. The van der Waals surface area contributed by atoms with Gasteiger partial charge in [0.1, 0.15) is 0 Å². The summed E-state index contributed by atoms with van der Waals surface area (Å²) in [5, 5.41) is 3.44. The summed E-state index contributed by atoms with van der Waals surface area (Å²) in [5.41, 5.74) is 0.982. The maximum atomic E-state index is 12.9. The number of hydrogen-bond acceptors (Lipinski definition) is 4. The van der Waals surface area contributed by atoms with Crippen LogP contribution in [0.25, 0.3) is 0 Å². The highest BCUT2D eigenvalue weighted by molar-refractivity contribution is 7.99. The summed E-state index contributed by atoms with van der Waals surface area (Å²) in [6.07, 6.45) is 6.24. The van der Waals surface area contributed by atoms with E-state index in [4.69, 9.17) is 0 Å². The quantitative estimate of drug-likeness (QED) is 0.692. The van der Waals surface area contributed by atoms with Gasteiger partial charge in [0.25, 0.3) is 0 Å². The van der Waals surface area contributed by atoms with Crippen molar-refractivity contribution in [3.63, 3.8) is 0 Å². The Labute approximate surface area is 163 Å². The third-order valence-corrected chi connectivity index (χ3v) is 5.41. The summed E-state index contributed by atoms with van der Waals surface area (Å²) in [7, 11) is 0. The van der Waals surface area contributed by atoms with Gasteiger partial charge in [-0.1, -0.05) is 19.9 Å². The van der Waals surface area contributed by atoms with Gasteiger partial charge in [-0.05, 0) is 62.6 Å². The van der Waals surface area contributed by atoms with E-state index in [1.54, 1.807) is 11.8 Å². The summed E-state index contributed by atoms with van der Waals surface area (Å²) in [6, 6.07) is 6.27. The normalized spacial score (nSPS) is 17.6. The molecule has 1 amide bonds. The Morgan fingerprint density at radius 2 is 2.20 bits per heavy atom. The lowest BCUT2D eigenvalue weighted by Crippen LogP contribution is -2.41. The van der Waals surface area contributed by atoms with Crippen molar-refractivity contribution in [3.05, 3.63) is 30.1 Å². The minimum Gasteiger partial charge on any atom is -0.333 e. The molecule has 1 aliphatic heterocycles. The third kappa shape index (κ3) is 8.43. The first-order valence-corrected chi connectivity index (χ1v) is 10.3. The van der Waals surface area contributed by atoms with Crippen LogP contribution in [-0.2, 0) is 11.3 Å². The van der Waals surface area contributed by atoms with E-state index in [1.165, 1.54) is 6.42 Å². The minimum absolute atomic E-state index is 0. The average Bonchev–Trinajstić information content (AvgIpc) is 2.86. The van der Waals surface area contributed by atoms with Crippen LogP contribution in [0.15, 0.2) is 24.4 Å². The van der Waals surface area contributed by atoms with Crippen molar-refractivity contribution in [1.82, 2.24) is 15.2 Å². The van der Waals surface area contributed by atoms with Crippen LogP contribution in [0.4, 0.5) is 0 Å².